The summed E-state index contributed by atoms with van der Waals surface area (Å²) >= 11 is 0. The molecule has 4 rings (SSSR count). The molecule has 9 heteroatoms. The second-order valence-corrected chi connectivity index (χ2v) is 7.75. The molecule has 0 amide bonds. The summed E-state index contributed by atoms with van der Waals surface area (Å²) in [7, 11) is 1.49. The number of aromatic nitrogens is 4. The first-order chi connectivity index (χ1) is 14.9. The SMILES string of the molecule is CC#CCn1c(N2CCCC(N)C2)nc2c(=O)n(C)n(Cc3ccccc3F)c(=O)c21. The van der Waals surface area contributed by atoms with E-state index in [1.54, 1.807) is 29.7 Å². The lowest BCUT2D eigenvalue weighted by atomic mass is 10.1. The number of nitrogens with two attached hydrogens (primary N) is 1. The molecule has 0 radical (unpaired) electrons. The van der Waals surface area contributed by atoms with Crippen molar-refractivity contribution in [3.8, 4) is 11.8 Å². The van der Waals surface area contributed by atoms with Crippen LogP contribution >= 0.6 is 0 Å². The topological polar surface area (TPSA) is 91.1 Å². The summed E-state index contributed by atoms with van der Waals surface area (Å²) in [5, 5.41) is 0. The molecule has 0 spiro atoms. The maximum Gasteiger partial charge on any atom is 0.293 e. The van der Waals surface area contributed by atoms with Crippen LogP contribution < -0.4 is 21.8 Å². The maximum absolute atomic E-state index is 14.2. The van der Waals surface area contributed by atoms with Gasteiger partial charge in [-0.05, 0) is 25.8 Å². The fourth-order valence-corrected chi connectivity index (χ4v) is 4.04. The van der Waals surface area contributed by atoms with Crippen LogP contribution in [0, 0.1) is 17.7 Å². The number of benzene rings is 1. The van der Waals surface area contributed by atoms with Gasteiger partial charge in [-0.25, -0.2) is 18.7 Å². The smallest absolute Gasteiger partial charge is 0.293 e. The molecular weight excluding hydrogens is 399 g/mol. The minimum Gasteiger partial charge on any atom is -0.341 e. The lowest BCUT2D eigenvalue weighted by Crippen LogP contribution is -2.44. The van der Waals surface area contributed by atoms with E-state index in [1.165, 1.54) is 22.5 Å². The summed E-state index contributed by atoms with van der Waals surface area (Å²) in [6.07, 6.45) is 1.82. The molecule has 3 heterocycles. The van der Waals surface area contributed by atoms with Crippen molar-refractivity contribution in [2.75, 3.05) is 18.0 Å². The fourth-order valence-electron chi connectivity index (χ4n) is 4.04. The molecule has 2 N–H and O–H groups in total. The molecular formula is C22H25FN6O2. The van der Waals surface area contributed by atoms with Crippen molar-refractivity contribution in [1.29, 1.82) is 0 Å². The molecule has 1 atom stereocenters. The van der Waals surface area contributed by atoms with Gasteiger partial charge < -0.3 is 10.6 Å². The Bertz CT molecular complexity index is 1310. The van der Waals surface area contributed by atoms with E-state index in [9.17, 15) is 14.0 Å². The number of fused-ring (bicyclic) bond motifs is 1. The van der Waals surface area contributed by atoms with E-state index in [1.807, 2.05) is 4.90 Å². The van der Waals surface area contributed by atoms with Crippen LogP contribution in [0.1, 0.15) is 25.3 Å². The summed E-state index contributed by atoms with van der Waals surface area (Å²) in [5.74, 6) is 5.89. The molecule has 0 bridgehead atoms. The Labute approximate surface area is 178 Å². The van der Waals surface area contributed by atoms with Crippen molar-refractivity contribution in [3.63, 3.8) is 0 Å². The minimum absolute atomic E-state index is 0.000168. The Morgan fingerprint density at radius 3 is 2.74 bits per heavy atom. The molecule has 162 valence electrons. The number of halogens is 1. The summed E-state index contributed by atoms with van der Waals surface area (Å²) < 4.78 is 18.4. The Kier molecular flexibility index (Phi) is 5.65. The molecule has 31 heavy (non-hydrogen) atoms. The number of anilines is 1. The van der Waals surface area contributed by atoms with E-state index < -0.39 is 16.9 Å². The second kappa shape index (κ2) is 8.40. The molecule has 8 nitrogen and oxygen atoms in total. The van der Waals surface area contributed by atoms with E-state index in [-0.39, 0.29) is 30.2 Å². The first kappa shape index (κ1) is 20.9. The zero-order chi connectivity index (χ0) is 22.1. The van der Waals surface area contributed by atoms with Crippen LogP contribution in [0.3, 0.4) is 0 Å². The van der Waals surface area contributed by atoms with Gasteiger partial charge in [0.05, 0.1) is 13.1 Å². The Hall–Kier alpha value is -3.38. The van der Waals surface area contributed by atoms with Gasteiger partial charge in [0.25, 0.3) is 11.1 Å². The molecule has 3 aromatic rings. The van der Waals surface area contributed by atoms with Crippen LogP contribution in [0.2, 0.25) is 0 Å². The van der Waals surface area contributed by atoms with Crippen LogP contribution in [-0.4, -0.2) is 38.0 Å². The highest BCUT2D eigenvalue weighted by Gasteiger charge is 2.26. The lowest BCUT2D eigenvalue weighted by Gasteiger charge is -2.31. The van der Waals surface area contributed by atoms with Gasteiger partial charge in [-0.3, -0.25) is 14.2 Å². The van der Waals surface area contributed by atoms with E-state index in [0.717, 1.165) is 19.4 Å². The Morgan fingerprint density at radius 1 is 1.26 bits per heavy atom. The predicted octanol–water partition coefficient (Wildman–Crippen LogP) is 1.03. The summed E-state index contributed by atoms with van der Waals surface area (Å²) in [6.45, 7) is 3.19. The van der Waals surface area contributed by atoms with E-state index >= 15 is 0 Å². The molecule has 0 saturated carbocycles. The summed E-state index contributed by atoms with van der Waals surface area (Å²) in [6, 6.07) is 6.20. The number of piperidine rings is 1. The molecule has 1 saturated heterocycles. The number of rotatable bonds is 4. The predicted molar refractivity (Wildman–Crippen MR) is 118 cm³/mol. The standard InChI is InChI=1S/C22H25FN6O2/c1-3-4-12-28-19-18(25-22(28)27-11-7-9-16(24)14-27)20(30)26(2)29(21(19)31)13-15-8-5-6-10-17(15)23/h5-6,8,10,16H,7,9,11-14,24H2,1-2H3. The largest absolute Gasteiger partial charge is 0.341 e. The summed E-state index contributed by atoms with van der Waals surface area (Å²) in [5.41, 5.74) is 5.89. The average Bonchev–Trinajstić information content (AvgIpc) is 3.14. The fraction of sp³-hybridized carbons (Fsp3) is 0.409. The van der Waals surface area contributed by atoms with Gasteiger partial charge >= 0.3 is 0 Å². The highest BCUT2D eigenvalue weighted by Crippen LogP contribution is 2.22. The molecule has 0 aliphatic carbocycles. The van der Waals surface area contributed by atoms with Gasteiger partial charge in [-0.2, -0.15) is 0 Å². The van der Waals surface area contributed by atoms with Gasteiger partial charge in [0, 0.05) is 31.7 Å². The maximum atomic E-state index is 14.2. The van der Waals surface area contributed by atoms with Crippen LogP contribution in [0.5, 0.6) is 0 Å². The van der Waals surface area contributed by atoms with Crippen molar-refractivity contribution in [1.82, 2.24) is 18.9 Å². The minimum atomic E-state index is -0.435. The first-order valence-corrected chi connectivity index (χ1v) is 10.3. The van der Waals surface area contributed by atoms with Crippen molar-refractivity contribution in [3.05, 3.63) is 56.4 Å². The monoisotopic (exact) mass is 424 g/mol. The van der Waals surface area contributed by atoms with Crippen LogP contribution in [-0.2, 0) is 20.1 Å². The molecule has 1 unspecified atom stereocenters. The van der Waals surface area contributed by atoms with Crippen LogP contribution in [0.15, 0.2) is 33.9 Å². The number of imidazole rings is 1. The quantitative estimate of drug-likeness (QED) is 0.632. The second-order valence-electron chi connectivity index (χ2n) is 7.75. The van der Waals surface area contributed by atoms with Gasteiger partial charge in [0.15, 0.2) is 5.52 Å². The van der Waals surface area contributed by atoms with Crippen molar-refractivity contribution in [2.24, 2.45) is 12.8 Å². The lowest BCUT2D eigenvalue weighted by molar-refractivity contribution is 0.487. The van der Waals surface area contributed by atoms with Crippen molar-refractivity contribution in [2.45, 2.75) is 38.9 Å². The van der Waals surface area contributed by atoms with Gasteiger partial charge in [0.1, 0.15) is 11.3 Å². The van der Waals surface area contributed by atoms with E-state index in [2.05, 4.69) is 16.8 Å². The number of hydrogen-bond donors (Lipinski definition) is 1. The highest BCUT2D eigenvalue weighted by atomic mass is 19.1. The van der Waals surface area contributed by atoms with Gasteiger partial charge in [0.2, 0.25) is 5.95 Å². The average molecular weight is 424 g/mol. The third kappa shape index (κ3) is 3.75. The molecule has 1 aromatic carbocycles. The molecule has 1 aliphatic rings. The Morgan fingerprint density at radius 2 is 2.03 bits per heavy atom. The third-order valence-corrected chi connectivity index (χ3v) is 5.68. The van der Waals surface area contributed by atoms with Gasteiger partial charge in [-0.15, -0.1) is 5.92 Å². The molecule has 1 aliphatic heterocycles. The van der Waals surface area contributed by atoms with Crippen molar-refractivity contribution < 1.29 is 4.39 Å². The summed E-state index contributed by atoms with van der Waals surface area (Å²) in [4.78, 5) is 33.2. The normalized spacial score (nSPS) is 16.4. The zero-order valence-corrected chi connectivity index (χ0v) is 17.6. The number of nitrogens with zero attached hydrogens (tertiary/aromatic N) is 5. The van der Waals surface area contributed by atoms with Crippen molar-refractivity contribution >= 4 is 17.0 Å². The molecule has 1 fully saturated rings. The highest BCUT2D eigenvalue weighted by molar-refractivity contribution is 5.77. The van der Waals surface area contributed by atoms with Crippen LogP contribution in [0.25, 0.3) is 11.0 Å². The Balaban J connectivity index is 1.94. The van der Waals surface area contributed by atoms with Gasteiger partial charge in [-0.1, -0.05) is 24.1 Å². The number of hydrogen-bond acceptors (Lipinski definition) is 5. The van der Waals surface area contributed by atoms with E-state index in [0.29, 0.717) is 18.1 Å². The van der Waals surface area contributed by atoms with Crippen LogP contribution in [0.4, 0.5) is 10.3 Å². The first-order valence-electron chi connectivity index (χ1n) is 10.3. The van der Waals surface area contributed by atoms with E-state index in [4.69, 9.17) is 5.73 Å². The third-order valence-electron chi connectivity index (χ3n) is 5.68. The molecule has 2 aromatic heterocycles. The zero-order valence-electron chi connectivity index (χ0n) is 17.6.